The summed E-state index contributed by atoms with van der Waals surface area (Å²) in [6, 6.07) is 0. The summed E-state index contributed by atoms with van der Waals surface area (Å²) in [6.45, 7) is 11.6. The van der Waals surface area contributed by atoms with Gasteiger partial charge in [0.05, 0.1) is 5.69 Å². The van der Waals surface area contributed by atoms with E-state index in [1.165, 1.54) is 0 Å². The van der Waals surface area contributed by atoms with Crippen LogP contribution in [0.25, 0.3) is 12.2 Å². The van der Waals surface area contributed by atoms with Crippen LogP contribution in [0.15, 0.2) is 19.0 Å². The van der Waals surface area contributed by atoms with Gasteiger partial charge in [-0.3, -0.25) is 0 Å². The molecule has 1 aromatic rings. The molecule has 0 aliphatic heterocycles. The fourth-order valence-electron chi connectivity index (χ4n) is 1.05. The third kappa shape index (κ3) is 3.13. The molecule has 76 valence electrons. The summed E-state index contributed by atoms with van der Waals surface area (Å²) in [5, 5.41) is 0. The van der Waals surface area contributed by atoms with E-state index in [9.17, 15) is 0 Å². The lowest BCUT2D eigenvalue weighted by molar-refractivity contribution is 1.08. The van der Waals surface area contributed by atoms with Crippen molar-refractivity contribution >= 4 is 12.2 Å². The van der Waals surface area contributed by atoms with E-state index < -0.39 is 0 Å². The molecule has 0 fully saturated rings. The van der Waals surface area contributed by atoms with E-state index in [4.69, 9.17) is 0 Å². The van der Waals surface area contributed by atoms with Crippen molar-refractivity contribution in [3.63, 3.8) is 0 Å². The number of nitrogens with zero attached hydrogens (tertiary/aromatic N) is 2. The highest BCUT2D eigenvalue weighted by Crippen LogP contribution is 2.11. The standard InChI is InChI=1S/C10H12N2.C2H6/c1-4-6-10-9(5-2)8(3)11-7-12-10;1-2/h4-7H,2H2,1,3H3;1-2H3/b6-4-;. The number of aryl methyl sites for hydroxylation is 1. The first-order valence-electron chi connectivity index (χ1n) is 4.86. The zero-order valence-corrected chi connectivity index (χ0v) is 9.41. The van der Waals surface area contributed by atoms with Gasteiger partial charge in [-0.1, -0.05) is 32.6 Å². The van der Waals surface area contributed by atoms with Gasteiger partial charge in [-0.15, -0.1) is 0 Å². The fraction of sp³-hybridized carbons (Fsp3) is 0.333. The molecule has 0 aliphatic carbocycles. The van der Waals surface area contributed by atoms with Gasteiger partial charge < -0.3 is 0 Å². The molecule has 0 saturated heterocycles. The Labute approximate surface area is 86.4 Å². The van der Waals surface area contributed by atoms with E-state index >= 15 is 0 Å². The predicted molar refractivity (Wildman–Crippen MR) is 62.9 cm³/mol. The molecule has 14 heavy (non-hydrogen) atoms. The van der Waals surface area contributed by atoms with Crippen molar-refractivity contribution < 1.29 is 0 Å². The summed E-state index contributed by atoms with van der Waals surface area (Å²) in [6.07, 6.45) is 7.25. The molecule has 0 N–H and O–H groups in total. The van der Waals surface area contributed by atoms with Crippen molar-refractivity contribution in [2.75, 3.05) is 0 Å². The van der Waals surface area contributed by atoms with Crippen molar-refractivity contribution in [1.29, 1.82) is 0 Å². The summed E-state index contributed by atoms with van der Waals surface area (Å²) in [5.74, 6) is 0. The van der Waals surface area contributed by atoms with E-state index in [2.05, 4.69) is 16.5 Å². The van der Waals surface area contributed by atoms with Crippen molar-refractivity contribution in [2.24, 2.45) is 0 Å². The molecule has 0 bridgehead atoms. The third-order valence-electron chi connectivity index (χ3n) is 1.64. The van der Waals surface area contributed by atoms with Crippen LogP contribution in [0.1, 0.15) is 37.7 Å². The Bertz CT molecular complexity index is 314. The number of aromatic nitrogens is 2. The van der Waals surface area contributed by atoms with Crippen LogP contribution in [0.2, 0.25) is 0 Å². The Hall–Kier alpha value is -1.44. The summed E-state index contributed by atoms with van der Waals surface area (Å²) in [7, 11) is 0. The number of rotatable bonds is 2. The summed E-state index contributed by atoms with van der Waals surface area (Å²) in [5.41, 5.74) is 2.91. The van der Waals surface area contributed by atoms with Gasteiger partial charge in [-0.2, -0.15) is 0 Å². The van der Waals surface area contributed by atoms with Gasteiger partial charge in [0.1, 0.15) is 6.33 Å². The quantitative estimate of drug-likeness (QED) is 0.713. The summed E-state index contributed by atoms with van der Waals surface area (Å²) >= 11 is 0. The maximum Gasteiger partial charge on any atom is 0.116 e. The molecule has 0 unspecified atom stereocenters. The molecule has 1 aromatic heterocycles. The molecule has 0 radical (unpaired) electrons. The van der Waals surface area contributed by atoms with Gasteiger partial charge in [0, 0.05) is 11.3 Å². The lowest BCUT2D eigenvalue weighted by Crippen LogP contribution is -1.93. The van der Waals surface area contributed by atoms with Gasteiger partial charge in [0.15, 0.2) is 0 Å². The minimum atomic E-state index is 0.931. The van der Waals surface area contributed by atoms with Crippen LogP contribution >= 0.6 is 0 Å². The monoisotopic (exact) mass is 190 g/mol. The van der Waals surface area contributed by atoms with E-state index in [0.29, 0.717) is 0 Å². The minimum Gasteiger partial charge on any atom is -0.241 e. The first-order chi connectivity index (χ1) is 6.79. The van der Waals surface area contributed by atoms with Gasteiger partial charge >= 0.3 is 0 Å². The fourth-order valence-corrected chi connectivity index (χ4v) is 1.05. The second-order valence-electron chi connectivity index (χ2n) is 2.46. The minimum absolute atomic E-state index is 0.931. The lowest BCUT2D eigenvalue weighted by Gasteiger charge is -2.01. The highest BCUT2D eigenvalue weighted by Gasteiger charge is 1.99. The summed E-state index contributed by atoms with van der Waals surface area (Å²) < 4.78 is 0. The molecule has 0 amide bonds. The van der Waals surface area contributed by atoms with E-state index in [0.717, 1.165) is 17.0 Å². The maximum atomic E-state index is 4.13. The van der Waals surface area contributed by atoms with Crippen molar-refractivity contribution in [2.45, 2.75) is 27.7 Å². The van der Waals surface area contributed by atoms with Crippen LogP contribution in [-0.2, 0) is 0 Å². The SMILES string of the molecule is C=Cc1c(C)ncnc1/C=C\C.CC. The molecule has 2 heteroatoms. The van der Waals surface area contributed by atoms with Crippen LogP contribution in [0.5, 0.6) is 0 Å². The van der Waals surface area contributed by atoms with Gasteiger partial charge in [0.2, 0.25) is 0 Å². The zero-order valence-electron chi connectivity index (χ0n) is 9.41. The largest absolute Gasteiger partial charge is 0.241 e. The second-order valence-corrected chi connectivity index (χ2v) is 2.46. The average Bonchev–Trinajstić information content (AvgIpc) is 2.22. The predicted octanol–water partition coefficient (Wildman–Crippen LogP) is 3.49. The molecule has 0 aromatic carbocycles. The average molecular weight is 190 g/mol. The first kappa shape index (κ1) is 12.6. The molecule has 0 aliphatic rings. The van der Waals surface area contributed by atoms with Gasteiger partial charge in [0.25, 0.3) is 0 Å². The molecular formula is C12H18N2. The van der Waals surface area contributed by atoms with Crippen LogP contribution in [0.4, 0.5) is 0 Å². The molecule has 0 atom stereocenters. The highest BCUT2D eigenvalue weighted by molar-refractivity contribution is 5.62. The molecule has 1 heterocycles. The maximum absolute atomic E-state index is 4.13. The Morgan fingerprint density at radius 2 is 1.93 bits per heavy atom. The normalized spacial score (nSPS) is 9.43. The smallest absolute Gasteiger partial charge is 0.116 e. The molecule has 1 rings (SSSR count). The van der Waals surface area contributed by atoms with Crippen molar-refractivity contribution in [3.05, 3.63) is 35.9 Å². The lowest BCUT2D eigenvalue weighted by atomic mass is 10.1. The number of hydrogen-bond acceptors (Lipinski definition) is 2. The summed E-state index contributed by atoms with van der Waals surface area (Å²) in [4.78, 5) is 8.21. The van der Waals surface area contributed by atoms with Crippen molar-refractivity contribution in [1.82, 2.24) is 9.97 Å². The van der Waals surface area contributed by atoms with Crippen LogP contribution in [0.3, 0.4) is 0 Å². The molecule has 0 saturated carbocycles. The van der Waals surface area contributed by atoms with Gasteiger partial charge in [-0.25, -0.2) is 9.97 Å². The van der Waals surface area contributed by atoms with Crippen LogP contribution in [0, 0.1) is 6.92 Å². The van der Waals surface area contributed by atoms with Crippen LogP contribution in [-0.4, -0.2) is 9.97 Å². The molecule has 2 nitrogen and oxygen atoms in total. The van der Waals surface area contributed by atoms with Crippen molar-refractivity contribution in [3.8, 4) is 0 Å². The Kier molecular flexibility index (Phi) is 6.29. The van der Waals surface area contributed by atoms with Crippen LogP contribution < -0.4 is 0 Å². The van der Waals surface area contributed by atoms with E-state index in [-0.39, 0.29) is 0 Å². The molecule has 0 spiro atoms. The molecular weight excluding hydrogens is 172 g/mol. The topological polar surface area (TPSA) is 25.8 Å². The van der Waals surface area contributed by atoms with E-state index in [1.54, 1.807) is 12.4 Å². The zero-order chi connectivity index (χ0) is 11.0. The van der Waals surface area contributed by atoms with E-state index in [1.807, 2.05) is 39.8 Å². The number of allylic oxidation sites excluding steroid dienone is 1. The Morgan fingerprint density at radius 3 is 2.43 bits per heavy atom. The third-order valence-corrected chi connectivity index (χ3v) is 1.64. The second kappa shape index (κ2) is 7.01. The Morgan fingerprint density at radius 1 is 1.29 bits per heavy atom. The van der Waals surface area contributed by atoms with Gasteiger partial charge in [-0.05, 0) is 19.9 Å². The highest BCUT2D eigenvalue weighted by atomic mass is 14.8. The first-order valence-corrected chi connectivity index (χ1v) is 4.86. The Balaban J connectivity index is 0.000000791. The number of hydrogen-bond donors (Lipinski definition) is 0.